The van der Waals surface area contributed by atoms with E-state index in [1.165, 1.54) is 31.0 Å². The molecule has 0 spiro atoms. The van der Waals surface area contributed by atoms with E-state index in [2.05, 4.69) is 15.5 Å². The first-order chi connectivity index (χ1) is 16.5. The molecule has 0 radical (unpaired) electrons. The number of benzene rings is 2. The van der Waals surface area contributed by atoms with Gasteiger partial charge in [0.2, 0.25) is 5.75 Å². The first-order valence-corrected chi connectivity index (χ1v) is 10.5. The molecule has 0 saturated carbocycles. The molecule has 0 aliphatic carbocycles. The van der Waals surface area contributed by atoms with Gasteiger partial charge in [-0.15, -0.1) is 0 Å². The molecule has 2 aromatic heterocycles. The second kappa shape index (κ2) is 10.3. The van der Waals surface area contributed by atoms with Gasteiger partial charge in [0.05, 0.1) is 20.8 Å². The van der Waals surface area contributed by atoms with Crippen LogP contribution in [0.1, 0.15) is 16.1 Å². The molecule has 0 unspecified atom stereocenters. The van der Waals surface area contributed by atoms with E-state index in [1.807, 2.05) is 0 Å². The zero-order chi connectivity index (χ0) is 24.1. The van der Waals surface area contributed by atoms with Crippen LogP contribution in [0.5, 0.6) is 17.2 Å². The Bertz CT molecular complexity index is 1270. The molecule has 9 nitrogen and oxygen atoms in total. The molecule has 4 rings (SSSR count). The van der Waals surface area contributed by atoms with Crippen LogP contribution < -0.4 is 19.5 Å². The van der Waals surface area contributed by atoms with E-state index in [1.54, 1.807) is 53.5 Å². The van der Waals surface area contributed by atoms with Crippen LogP contribution in [0.3, 0.4) is 0 Å². The fourth-order valence-electron chi connectivity index (χ4n) is 3.16. The number of hydrogen-bond acceptors (Lipinski definition) is 6. The molecule has 1 amide bonds. The zero-order valence-electron chi connectivity index (χ0n) is 18.4. The molecule has 2 aromatic carbocycles. The van der Waals surface area contributed by atoms with Crippen molar-refractivity contribution in [3.05, 3.63) is 83.0 Å². The number of halogens is 2. The van der Waals surface area contributed by atoms with E-state index < -0.39 is 5.91 Å². The summed E-state index contributed by atoms with van der Waals surface area (Å²) in [6.45, 7) is 0.394. The van der Waals surface area contributed by atoms with Crippen LogP contribution in [-0.2, 0) is 13.3 Å². The maximum Gasteiger partial charge on any atom is 0.277 e. The van der Waals surface area contributed by atoms with Crippen LogP contribution in [0.2, 0.25) is 5.02 Å². The number of carbonyl (C=O) groups is 1. The van der Waals surface area contributed by atoms with Gasteiger partial charge in [-0.05, 0) is 35.9 Å². The molecule has 0 fully saturated rings. The number of methoxy groups -OCH3 is 2. The first kappa shape index (κ1) is 23.1. The normalized spacial score (nSPS) is 10.7. The second-order valence-electron chi connectivity index (χ2n) is 7.11. The average molecular weight is 486 g/mol. The van der Waals surface area contributed by atoms with Gasteiger partial charge in [0, 0.05) is 12.4 Å². The number of amides is 1. The number of nitrogens with one attached hydrogen (secondary N) is 1. The molecule has 11 heteroatoms. The van der Waals surface area contributed by atoms with Gasteiger partial charge in [-0.25, -0.2) is 9.07 Å². The van der Waals surface area contributed by atoms with E-state index in [0.717, 1.165) is 5.56 Å². The Morgan fingerprint density at radius 3 is 2.41 bits per heavy atom. The topological polar surface area (TPSA) is 92.4 Å². The van der Waals surface area contributed by atoms with E-state index >= 15 is 0 Å². The minimum absolute atomic E-state index is 0.0249. The minimum atomic E-state index is -0.484. The summed E-state index contributed by atoms with van der Waals surface area (Å²) in [7, 11) is 3.06. The van der Waals surface area contributed by atoms with E-state index in [-0.39, 0.29) is 29.1 Å². The van der Waals surface area contributed by atoms with Gasteiger partial charge < -0.3 is 19.5 Å². The van der Waals surface area contributed by atoms with Gasteiger partial charge in [0.1, 0.15) is 10.8 Å². The van der Waals surface area contributed by atoms with Crippen LogP contribution >= 0.6 is 11.6 Å². The third kappa shape index (κ3) is 5.29. The molecular formula is C23H21ClFN5O4. The summed E-state index contributed by atoms with van der Waals surface area (Å²) < 4.78 is 32.5. The minimum Gasteiger partial charge on any atom is -0.493 e. The number of rotatable bonds is 9. The molecule has 0 atom stereocenters. The molecule has 176 valence electrons. The van der Waals surface area contributed by atoms with Crippen molar-refractivity contribution in [3.63, 3.8) is 0 Å². The quantitative estimate of drug-likeness (QED) is 0.381. The summed E-state index contributed by atoms with van der Waals surface area (Å²) in [5.41, 5.74) is 0.989. The van der Waals surface area contributed by atoms with Gasteiger partial charge in [-0.1, -0.05) is 29.8 Å². The lowest BCUT2D eigenvalue weighted by Crippen LogP contribution is -2.15. The highest BCUT2D eigenvalue weighted by Crippen LogP contribution is 2.36. The molecule has 1 N–H and O–H groups in total. The fraction of sp³-hybridized carbons (Fsp3) is 0.174. The number of hydrogen-bond donors (Lipinski definition) is 1. The van der Waals surface area contributed by atoms with E-state index in [0.29, 0.717) is 23.8 Å². The van der Waals surface area contributed by atoms with Crippen molar-refractivity contribution in [2.24, 2.45) is 0 Å². The number of para-hydroxylation sites is 1. The van der Waals surface area contributed by atoms with Crippen molar-refractivity contribution in [2.45, 2.75) is 13.3 Å². The van der Waals surface area contributed by atoms with Crippen LogP contribution in [0.15, 0.2) is 60.9 Å². The Balaban J connectivity index is 1.39. The van der Waals surface area contributed by atoms with E-state index in [9.17, 15) is 9.18 Å². The highest BCUT2D eigenvalue weighted by molar-refractivity contribution is 6.33. The van der Waals surface area contributed by atoms with Crippen molar-refractivity contribution in [1.29, 1.82) is 0 Å². The maximum atomic E-state index is 13.1. The third-order valence-corrected chi connectivity index (χ3v) is 5.08. The summed E-state index contributed by atoms with van der Waals surface area (Å²) in [4.78, 5) is 12.6. The number of carbonyl (C=O) groups excluding carboxylic acids is 1. The summed E-state index contributed by atoms with van der Waals surface area (Å²) in [6.07, 6.45) is 3.18. The SMILES string of the molecule is COc1cccc(OC)c1OCn1ccc(C(=O)Nc2nn(Cc3ccc(F)cc3)cc2Cl)n1. The van der Waals surface area contributed by atoms with E-state index in [4.69, 9.17) is 25.8 Å². The van der Waals surface area contributed by atoms with Crippen LogP contribution in [0.25, 0.3) is 0 Å². The Kier molecular flexibility index (Phi) is 6.98. The highest BCUT2D eigenvalue weighted by atomic mass is 35.5. The molecule has 0 bridgehead atoms. The average Bonchev–Trinajstić information content (AvgIpc) is 3.45. The lowest BCUT2D eigenvalue weighted by atomic mass is 10.2. The maximum absolute atomic E-state index is 13.1. The van der Waals surface area contributed by atoms with Crippen molar-refractivity contribution in [3.8, 4) is 17.2 Å². The molecule has 2 heterocycles. The van der Waals surface area contributed by atoms with Crippen LogP contribution in [0.4, 0.5) is 10.2 Å². The standard InChI is InChI=1S/C23H21ClFN5O4/c1-32-19-4-3-5-20(33-2)21(19)34-14-29-11-10-18(27-29)23(31)26-22-17(24)13-30(28-22)12-15-6-8-16(25)9-7-15/h3-11,13H,12,14H2,1-2H3,(H,26,28,31). The van der Waals surface area contributed by atoms with Crippen molar-refractivity contribution >= 4 is 23.3 Å². The number of aromatic nitrogens is 4. The summed E-state index contributed by atoms with van der Waals surface area (Å²) in [5.74, 6) is 0.834. The smallest absolute Gasteiger partial charge is 0.277 e. The molecule has 0 aliphatic heterocycles. The Labute approximate surface area is 199 Å². The number of nitrogens with zero attached hydrogens (tertiary/aromatic N) is 4. The molecular weight excluding hydrogens is 465 g/mol. The largest absolute Gasteiger partial charge is 0.493 e. The first-order valence-electron chi connectivity index (χ1n) is 10.1. The van der Waals surface area contributed by atoms with Crippen molar-refractivity contribution in [1.82, 2.24) is 19.6 Å². The number of anilines is 1. The predicted octanol–water partition coefficient (Wildman–Crippen LogP) is 4.23. The second-order valence-corrected chi connectivity index (χ2v) is 7.52. The zero-order valence-corrected chi connectivity index (χ0v) is 19.1. The van der Waals surface area contributed by atoms with Gasteiger partial charge >= 0.3 is 0 Å². The lowest BCUT2D eigenvalue weighted by Gasteiger charge is -2.13. The number of ether oxygens (including phenoxy) is 3. The Morgan fingerprint density at radius 2 is 1.74 bits per heavy atom. The van der Waals surface area contributed by atoms with Crippen molar-refractivity contribution < 1.29 is 23.4 Å². The van der Waals surface area contributed by atoms with Crippen LogP contribution in [0, 0.1) is 5.82 Å². The molecule has 0 aliphatic rings. The summed E-state index contributed by atoms with van der Waals surface area (Å²) in [6, 6.07) is 12.9. The summed E-state index contributed by atoms with van der Waals surface area (Å²) in [5, 5.41) is 11.4. The Hall–Kier alpha value is -4.05. The van der Waals surface area contributed by atoms with Crippen LogP contribution in [-0.4, -0.2) is 39.7 Å². The monoisotopic (exact) mass is 485 g/mol. The molecule has 34 heavy (non-hydrogen) atoms. The summed E-state index contributed by atoms with van der Waals surface area (Å²) >= 11 is 6.22. The molecule has 4 aromatic rings. The van der Waals surface area contributed by atoms with Gasteiger partial charge in [-0.3, -0.25) is 9.48 Å². The van der Waals surface area contributed by atoms with Gasteiger partial charge in [-0.2, -0.15) is 10.2 Å². The van der Waals surface area contributed by atoms with Gasteiger partial charge in [0.25, 0.3) is 5.91 Å². The highest BCUT2D eigenvalue weighted by Gasteiger charge is 2.16. The lowest BCUT2D eigenvalue weighted by molar-refractivity contribution is 0.101. The van der Waals surface area contributed by atoms with Crippen molar-refractivity contribution in [2.75, 3.05) is 19.5 Å². The Morgan fingerprint density at radius 1 is 1.03 bits per heavy atom. The third-order valence-electron chi connectivity index (χ3n) is 4.80. The predicted molar refractivity (Wildman–Crippen MR) is 123 cm³/mol. The fourth-order valence-corrected chi connectivity index (χ4v) is 3.35. The van der Waals surface area contributed by atoms with Gasteiger partial charge in [0.15, 0.2) is 29.7 Å². The molecule has 0 saturated heterocycles.